The molecule has 0 aromatic heterocycles. The summed E-state index contributed by atoms with van der Waals surface area (Å²) in [6.45, 7) is 0. The molecule has 0 aliphatic heterocycles. The molecular weight excluding hydrogens is 277 g/mol. The average Bonchev–Trinajstić information content (AvgIpc) is 1.49. The molecular formula is C3H7NNa3O6P2-. The molecule has 0 aromatic rings. The second kappa shape index (κ2) is 10.1. The molecule has 0 atom stereocenters. The van der Waals surface area contributed by atoms with Gasteiger partial charge in [0, 0.05) is 0 Å². The molecule has 15 heavy (non-hydrogen) atoms. The second-order valence-corrected chi connectivity index (χ2v) is 5.93. The van der Waals surface area contributed by atoms with Gasteiger partial charge in [-0.05, 0) is 29.3 Å². The molecule has 0 aliphatic rings. The zero-order chi connectivity index (χ0) is 10.2. The first-order valence-corrected chi connectivity index (χ1v) is 5.99. The van der Waals surface area contributed by atoms with Crippen molar-refractivity contribution in [2.24, 2.45) is 0 Å². The SMILES string of the molecule is CN(C)C(P(=O)([O-])[O-])P(=O)([O-])[O-].[Na+].[Na+].[Na+]. The van der Waals surface area contributed by atoms with Gasteiger partial charge in [0.25, 0.3) is 0 Å². The first-order chi connectivity index (χ1) is 5.07. The fourth-order valence-electron chi connectivity index (χ4n) is 0.739. The molecule has 0 rings (SSSR count). The Balaban J connectivity index is -0.000000202. The van der Waals surface area contributed by atoms with E-state index in [4.69, 9.17) is 0 Å². The maximum atomic E-state index is 10.3. The molecule has 7 nitrogen and oxygen atoms in total. The smallest absolute Gasteiger partial charge is 0.809 e. The third-order valence-electron chi connectivity index (χ3n) is 1.03. The van der Waals surface area contributed by atoms with E-state index in [1.165, 1.54) is 0 Å². The van der Waals surface area contributed by atoms with Gasteiger partial charge < -0.3 is 28.7 Å². The van der Waals surface area contributed by atoms with Gasteiger partial charge in [-0.3, -0.25) is 4.90 Å². The zero-order valence-corrected chi connectivity index (χ0v) is 17.2. The summed E-state index contributed by atoms with van der Waals surface area (Å²) in [7, 11) is -8.78. The molecule has 0 fully saturated rings. The van der Waals surface area contributed by atoms with E-state index in [-0.39, 0.29) is 88.7 Å². The van der Waals surface area contributed by atoms with Crippen molar-refractivity contribution < 1.29 is 117 Å². The van der Waals surface area contributed by atoms with Gasteiger partial charge in [0.15, 0.2) is 0 Å². The van der Waals surface area contributed by atoms with Crippen LogP contribution >= 0.6 is 15.2 Å². The quantitative estimate of drug-likeness (QED) is 0.371. The number of nitrogens with zero attached hydrogens (tertiary/aromatic N) is 1. The van der Waals surface area contributed by atoms with Crippen molar-refractivity contribution in [3.05, 3.63) is 0 Å². The summed E-state index contributed by atoms with van der Waals surface area (Å²) in [5, 5.41) is 0. The molecule has 0 aromatic carbocycles. The fraction of sp³-hybridized carbons (Fsp3) is 1.00. The Hall–Kier alpha value is 3.26. The van der Waals surface area contributed by atoms with Gasteiger partial charge in [-0.2, -0.15) is 0 Å². The van der Waals surface area contributed by atoms with Crippen LogP contribution in [0.25, 0.3) is 0 Å². The number of hydrogen-bond donors (Lipinski definition) is 0. The first-order valence-electron chi connectivity index (χ1n) is 2.76. The van der Waals surface area contributed by atoms with Crippen LogP contribution in [0.2, 0.25) is 0 Å². The Kier molecular flexibility index (Phi) is 18.0. The summed E-state index contributed by atoms with van der Waals surface area (Å²) in [6, 6.07) is 0. The van der Waals surface area contributed by atoms with Gasteiger partial charge in [-0.1, -0.05) is 0 Å². The molecule has 74 valence electrons. The van der Waals surface area contributed by atoms with Crippen LogP contribution in [0, 0.1) is 0 Å². The van der Waals surface area contributed by atoms with Crippen molar-refractivity contribution in [3.8, 4) is 0 Å². The van der Waals surface area contributed by atoms with E-state index in [2.05, 4.69) is 0 Å². The van der Waals surface area contributed by atoms with E-state index in [9.17, 15) is 28.7 Å². The van der Waals surface area contributed by atoms with Crippen molar-refractivity contribution >= 4 is 15.2 Å². The van der Waals surface area contributed by atoms with E-state index in [0.29, 0.717) is 4.90 Å². The van der Waals surface area contributed by atoms with Gasteiger partial charge in [0.05, 0.1) is 5.52 Å². The molecule has 0 heterocycles. The summed E-state index contributed by atoms with van der Waals surface area (Å²) in [5.74, 6) is 0. The molecule has 0 saturated carbocycles. The third kappa shape index (κ3) is 10.8. The molecule has 0 aliphatic carbocycles. The summed E-state index contributed by atoms with van der Waals surface area (Å²) in [5.41, 5.74) is -2.50. The topological polar surface area (TPSA) is 130 Å². The van der Waals surface area contributed by atoms with Crippen molar-refractivity contribution in [2.75, 3.05) is 14.1 Å². The maximum absolute atomic E-state index is 10.3. The van der Waals surface area contributed by atoms with E-state index >= 15 is 0 Å². The minimum absolute atomic E-state index is 0. The van der Waals surface area contributed by atoms with Crippen LogP contribution in [-0.4, -0.2) is 24.5 Å². The Morgan fingerprint density at radius 1 is 0.867 bits per heavy atom. The van der Waals surface area contributed by atoms with Crippen molar-refractivity contribution in [1.82, 2.24) is 4.90 Å². The molecule has 0 spiro atoms. The molecule has 0 radical (unpaired) electrons. The van der Waals surface area contributed by atoms with Gasteiger partial charge in [0.2, 0.25) is 0 Å². The molecule has 0 unspecified atom stereocenters. The summed E-state index contributed by atoms with van der Waals surface area (Å²) in [4.78, 5) is 41.7. The van der Waals surface area contributed by atoms with E-state index < -0.39 is 20.7 Å². The van der Waals surface area contributed by atoms with Crippen LogP contribution in [0.3, 0.4) is 0 Å². The molecule has 12 heteroatoms. The van der Waals surface area contributed by atoms with Crippen molar-refractivity contribution in [1.29, 1.82) is 0 Å². The van der Waals surface area contributed by atoms with Crippen LogP contribution in [0.15, 0.2) is 0 Å². The Labute approximate surface area is 155 Å². The summed E-state index contributed by atoms with van der Waals surface area (Å²) in [6.07, 6.45) is 0. The average molecular weight is 284 g/mol. The molecule has 0 amide bonds. The van der Waals surface area contributed by atoms with Crippen LogP contribution in [0.5, 0.6) is 0 Å². The Morgan fingerprint density at radius 3 is 1.07 bits per heavy atom. The van der Waals surface area contributed by atoms with Crippen molar-refractivity contribution in [3.63, 3.8) is 0 Å². The van der Waals surface area contributed by atoms with Crippen LogP contribution in [0.4, 0.5) is 0 Å². The van der Waals surface area contributed by atoms with E-state index in [1.807, 2.05) is 0 Å². The normalized spacial score (nSPS) is 11.5. The van der Waals surface area contributed by atoms with Gasteiger partial charge >= 0.3 is 88.7 Å². The van der Waals surface area contributed by atoms with Crippen LogP contribution in [0.1, 0.15) is 0 Å². The second-order valence-electron chi connectivity index (χ2n) is 2.39. The zero-order valence-electron chi connectivity index (χ0n) is 9.37. The minimum Gasteiger partial charge on any atom is -0.809 e. The number of hydrogen-bond acceptors (Lipinski definition) is 7. The predicted octanol–water partition coefficient (Wildman–Crippen LogP) is -12.3. The molecule has 0 bridgehead atoms. The minimum atomic E-state index is -5.42. The van der Waals surface area contributed by atoms with Crippen molar-refractivity contribution in [2.45, 2.75) is 5.52 Å². The van der Waals surface area contributed by atoms with Crippen LogP contribution < -0.4 is 108 Å². The largest absolute Gasteiger partial charge is 1.00 e. The first kappa shape index (κ1) is 26.8. The van der Waals surface area contributed by atoms with Gasteiger partial charge in [-0.15, -0.1) is 0 Å². The van der Waals surface area contributed by atoms with Gasteiger partial charge in [-0.25, -0.2) is 0 Å². The predicted molar refractivity (Wildman–Crippen MR) is 32.7 cm³/mol. The van der Waals surface area contributed by atoms with Gasteiger partial charge in [0.1, 0.15) is 0 Å². The summed E-state index contributed by atoms with van der Waals surface area (Å²) >= 11 is 0. The standard InChI is InChI=1S/C3H11NO6P2.3Na/c1-4(2)3(11(5,6)7)12(8,9)10;;;/h3H,1-2H3,(H2,5,6,7)(H2,8,9,10);;;/q;3*+1/p-4. The van der Waals surface area contributed by atoms with E-state index in [1.54, 1.807) is 0 Å². The fourth-order valence-corrected chi connectivity index (χ4v) is 3.26. The molecule has 0 N–H and O–H groups in total. The summed E-state index contributed by atoms with van der Waals surface area (Å²) < 4.78 is 20.6. The number of rotatable bonds is 3. The van der Waals surface area contributed by atoms with E-state index in [0.717, 1.165) is 14.1 Å². The Bertz CT molecular complexity index is 228. The monoisotopic (exact) mass is 284 g/mol. The molecule has 0 saturated heterocycles. The van der Waals surface area contributed by atoms with Crippen LogP contribution in [-0.2, 0) is 9.13 Å². The Morgan fingerprint density at radius 2 is 1.07 bits per heavy atom. The third-order valence-corrected chi connectivity index (χ3v) is 4.78. The maximum Gasteiger partial charge on any atom is 1.00 e.